The number of aromatic nitrogens is 1. The van der Waals surface area contributed by atoms with Crippen molar-refractivity contribution in [1.29, 1.82) is 0 Å². The van der Waals surface area contributed by atoms with Crippen molar-refractivity contribution in [2.75, 3.05) is 6.54 Å². The maximum atomic E-state index is 11.7. The van der Waals surface area contributed by atoms with Crippen molar-refractivity contribution < 1.29 is 9.90 Å². The molecule has 0 aliphatic heterocycles. The van der Waals surface area contributed by atoms with Crippen LogP contribution in [0, 0.1) is 0 Å². The highest BCUT2D eigenvalue weighted by atomic mass is 16.3. The fraction of sp³-hybridized carbons (Fsp3) is 0.400. The molecular formula is C10H13N3O2. The first-order valence-electron chi connectivity index (χ1n) is 4.82. The number of hydrogen-bond acceptors (Lipinski definition) is 4. The summed E-state index contributed by atoms with van der Waals surface area (Å²) in [4.78, 5) is 15.4. The summed E-state index contributed by atoms with van der Waals surface area (Å²) >= 11 is 0. The second-order valence-electron chi connectivity index (χ2n) is 3.83. The number of carbonyl (C=O) groups is 1. The van der Waals surface area contributed by atoms with Crippen LogP contribution >= 0.6 is 0 Å². The average molecular weight is 207 g/mol. The van der Waals surface area contributed by atoms with E-state index in [0.717, 1.165) is 12.8 Å². The van der Waals surface area contributed by atoms with Gasteiger partial charge in [0.2, 0.25) is 0 Å². The number of nitrogens with one attached hydrogen (secondary N) is 1. The van der Waals surface area contributed by atoms with Gasteiger partial charge in [-0.3, -0.25) is 9.78 Å². The molecule has 80 valence electrons. The summed E-state index contributed by atoms with van der Waals surface area (Å²) in [7, 11) is 0. The van der Waals surface area contributed by atoms with Crippen molar-refractivity contribution in [2.24, 2.45) is 5.73 Å². The van der Waals surface area contributed by atoms with Gasteiger partial charge in [-0.1, -0.05) is 0 Å². The summed E-state index contributed by atoms with van der Waals surface area (Å²) in [5.41, 5.74) is 5.54. The number of aromatic hydroxyl groups is 1. The number of carbonyl (C=O) groups excluding carboxylic acids is 1. The monoisotopic (exact) mass is 207 g/mol. The van der Waals surface area contributed by atoms with E-state index in [1.807, 2.05) is 0 Å². The third-order valence-electron chi connectivity index (χ3n) is 2.67. The highest BCUT2D eigenvalue weighted by molar-refractivity contribution is 5.97. The second-order valence-corrected chi connectivity index (χ2v) is 3.83. The van der Waals surface area contributed by atoms with Crippen molar-refractivity contribution in [1.82, 2.24) is 10.3 Å². The van der Waals surface area contributed by atoms with Crippen LogP contribution in [0.1, 0.15) is 23.2 Å². The van der Waals surface area contributed by atoms with Crippen LogP contribution < -0.4 is 11.1 Å². The minimum absolute atomic E-state index is 0.108. The Hall–Kier alpha value is -1.62. The van der Waals surface area contributed by atoms with Crippen LogP contribution in [0.5, 0.6) is 5.75 Å². The first-order chi connectivity index (χ1) is 7.17. The van der Waals surface area contributed by atoms with Gasteiger partial charge in [0, 0.05) is 12.7 Å². The summed E-state index contributed by atoms with van der Waals surface area (Å²) in [6, 6.07) is 1.48. The van der Waals surface area contributed by atoms with E-state index in [1.54, 1.807) is 0 Å². The quantitative estimate of drug-likeness (QED) is 0.651. The zero-order chi connectivity index (χ0) is 10.9. The number of amides is 1. The molecule has 0 spiro atoms. The molecule has 0 atom stereocenters. The van der Waals surface area contributed by atoms with Crippen molar-refractivity contribution in [3.8, 4) is 5.75 Å². The molecule has 4 N–H and O–H groups in total. The van der Waals surface area contributed by atoms with Crippen molar-refractivity contribution in [3.63, 3.8) is 0 Å². The summed E-state index contributed by atoms with van der Waals surface area (Å²) in [6.45, 7) is 0.435. The molecule has 1 amide bonds. The average Bonchev–Trinajstić information content (AvgIpc) is 2.99. The Kier molecular flexibility index (Phi) is 2.32. The molecule has 5 heteroatoms. The van der Waals surface area contributed by atoms with E-state index in [4.69, 9.17) is 5.73 Å². The molecule has 0 bridgehead atoms. The molecule has 1 aromatic heterocycles. The van der Waals surface area contributed by atoms with E-state index in [1.165, 1.54) is 18.5 Å². The molecule has 1 aromatic rings. The van der Waals surface area contributed by atoms with Gasteiger partial charge in [-0.2, -0.15) is 0 Å². The molecular weight excluding hydrogens is 194 g/mol. The minimum atomic E-state index is -0.294. The fourth-order valence-corrected chi connectivity index (χ4v) is 1.42. The molecule has 1 aliphatic rings. The van der Waals surface area contributed by atoms with Crippen molar-refractivity contribution in [3.05, 3.63) is 24.0 Å². The second kappa shape index (κ2) is 3.51. The van der Waals surface area contributed by atoms with Gasteiger partial charge in [0.25, 0.3) is 5.91 Å². The lowest BCUT2D eigenvalue weighted by Crippen LogP contribution is -2.42. The summed E-state index contributed by atoms with van der Waals surface area (Å²) in [5.74, 6) is -0.402. The normalized spacial score (nSPS) is 17.1. The first-order valence-corrected chi connectivity index (χ1v) is 4.82. The Labute approximate surface area is 87.3 Å². The van der Waals surface area contributed by atoms with Crippen LogP contribution in [-0.2, 0) is 0 Å². The van der Waals surface area contributed by atoms with Gasteiger partial charge in [0.05, 0.1) is 17.3 Å². The smallest absolute Gasteiger partial charge is 0.255 e. The van der Waals surface area contributed by atoms with Crippen LogP contribution in [0.25, 0.3) is 0 Å². The predicted octanol–water partition coefficient (Wildman–Crippen LogP) is 0.00830. The van der Waals surface area contributed by atoms with Gasteiger partial charge >= 0.3 is 0 Å². The van der Waals surface area contributed by atoms with E-state index >= 15 is 0 Å². The molecule has 0 radical (unpaired) electrons. The Morgan fingerprint density at radius 2 is 2.40 bits per heavy atom. The number of rotatable bonds is 3. The Balaban J connectivity index is 2.12. The molecule has 0 unspecified atom stereocenters. The molecule has 1 saturated carbocycles. The van der Waals surface area contributed by atoms with E-state index in [-0.39, 0.29) is 22.8 Å². The number of nitrogens with zero attached hydrogens (tertiary/aromatic N) is 1. The molecule has 1 aliphatic carbocycles. The number of pyridine rings is 1. The zero-order valence-corrected chi connectivity index (χ0v) is 8.23. The van der Waals surface area contributed by atoms with Crippen LogP contribution in [0.3, 0.4) is 0 Å². The highest BCUT2D eigenvalue weighted by Crippen LogP contribution is 2.34. The molecule has 1 fully saturated rings. The lowest BCUT2D eigenvalue weighted by Gasteiger charge is -2.14. The van der Waals surface area contributed by atoms with Crippen LogP contribution in [-0.4, -0.2) is 28.1 Å². The van der Waals surface area contributed by atoms with E-state index in [0.29, 0.717) is 6.54 Å². The van der Waals surface area contributed by atoms with Gasteiger partial charge in [-0.05, 0) is 18.9 Å². The third kappa shape index (κ3) is 1.92. The maximum absolute atomic E-state index is 11.7. The molecule has 2 rings (SSSR count). The van der Waals surface area contributed by atoms with E-state index < -0.39 is 0 Å². The molecule has 1 heterocycles. The van der Waals surface area contributed by atoms with Gasteiger partial charge in [-0.15, -0.1) is 0 Å². The molecule has 0 saturated heterocycles. The van der Waals surface area contributed by atoms with Gasteiger partial charge in [0.1, 0.15) is 5.75 Å². The lowest BCUT2D eigenvalue weighted by molar-refractivity contribution is 0.0930. The van der Waals surface area contributed by atoms with Crippen LogP contribution in [0.2, 0.25) is 0 Å². The number of hydrogen-bond donors (Lipinski definition) is 3. The molecule has 5 nitrogen and oxygen atoms in total. The Morgan fingerprint density at radius 1 is 1.67 bits per heavy atom. The van der Waals surface area contributed by atoms with Gasteiger partial charge in [-0.25, -0.2) is 0 Å². The fourth-order valence-electron chi connectivity index (χ4n) is 1.42. The third-order valence-corrected chi connectivity index (χ3v) is 2.67. The summed E-state index contributed by atoms with van der Waals surface area (Å²) < 4.78 is 0. The first kappa shape index (κ1) is 9.92. The standard InChI is InChI=1S/C10H13N3O2/c11-6-10(2-3-10)13-9(15)7-1-4-12-5-8(7)14/h1,4-5,14H,2-3,6,11H2,(H,13,15). The van der Waals surface area contributed by atoms with Crippen LogP contribution in [0.4, 0.5) is 0 Å². The van der Waals surface area contributed by atoms with Gasteiger partial charge in [0.15, 0.2) is 0 Å². The molecule has 0 aromatic carbocycles. The van der Waals surface area contributed by atoms with Crippen molar-refractivity contribution >= 4 is 5.91 Å². The number of nitrogens with two attached hydrogens (primary N) is 1. The topological polar surface area (TPSA) is 88.2 Å². The maximum Gasteiger partial charge on any atom is 0.255 e. The zero-order valence-electron chi connectivity index (χ0n) is 8.23. The van der Waals surface area contributed by atoms with Crippen molar-refractivity contribution in [2.45, 2.75) is 18.4 Å². The Bertz CT molecular complexity index is 388. The molecule has 15 heavy (non-hydrogen) atoms. The minimum Gasteiger partial charge on any atom is -0.505 e. The highest BCUT2D eigenvalue weighted by Gasteiger charge is 2.42. The van der Waals surface area contributed by atoms with E-state index in [9.17, 15) is 9.90 Å². The summed E-state index contributed by atoms with van der Waals surface area (Å²) in [6.07, 6.45) is 4.52. The van der Waals surface area contributed by atoms with Crippen LogP contribution in [0.15, 0.2) is 18.5 Å². The Morgan fingerprint density at radius 3 is 2.93 bits per heavy atom. The van der Waals surface area contributed by atoms with E-state index in [2.05, 4.69) is 10.3 Å². The largest absolute Gasteiger partial charge is 0.505 e. The lowest BCUT2D eigenvalue weighted by atomic mass is 10.2. The SMILES string of the molecule is NCC1(NC(=O)c2ccncc2O)CC1. The summed E-state index contributed by atoms with van der Waals surface area (Å²) in [5, 5.41) is 12.2. The predicted molar refractivity (Wildman–Crippen MR) is 54.4 cm³/mol. The van der Waals surface area contributed by atoms with Gasteiger partial charge < -0.3 is 16.2 Å².